The molecule has 0 saturated carbocycles. The molecule has 0 aromatic heterocycles. The van der Waals surface area contributed by atoms with E-state index in [0.717, 1.165) is 17.7 Å². The van der Waals surface area contributed by atoms with Gasteiger partial charge < -0.3 is 10.6 Å². The van der Waals surface area contributed by atoms with Crippen LogP contribution in [0.1, 0.15) is 12.5 Å². The van der Waals surface area contributed by atoms with E-state index in [4.69, 9.17) is 5.73 Å². The normalized spacial score (nSPS) is 22.3. The van der Waals surface area contributed by atoms with Crippen LogP contribution in [-0.2, 0) is 16.3 Å². The van der Waals surface area contributed by atoms with E-state index >= 15 is 0 Å². The lowest BCUT2D eigenvalue weighted by atomic mass is 10.1. The van der Waals surface area contributed by atoms with Crippen LogP contribution in [0.5, 0.6) is 0 Å². The third kappa shape index (κ3) is 1.93. The number of nitrogens with two attached hydrogens (primary N) is 1. The SMILES string of the molecule is CCc1cccc2c1N(C)C(CN)CS2(=O)=O. The summed E-state index contributed by atoms with van der Waals surface area (Å²) in [4.78, 5) is 2.46. The molecule has 0 amide bonds. The molecule has 1 aromatic rings. The van der Waals surface area contributed by atoms with Crippen molar-refractivity contribution in [2.24, 2.45) is 5.73 Å². The Hall–Kier alpha value is -1.07. The quantitative estimate of drug-likeness (QED) is 0.848. The molecule has 17 heavy (non-hydrogen) atoms. The second-order valence-corrected chi connectivity index (χ2v) is 6.40. The zero-order valence-corrected chi connectivity index (χ0v) is 11.0. The molecule has 0 radical (unpaired) electrons. The Bertz CT molecular complexity index is 525. The largest absolute Gasteiger partial charge is 0.368 e. The Morgan fingerprint density at radius 3 is 2.76 bits per heavy atom. The van der Waals surface area contributed by atoms with E-state index in [1.165, 1.54) is 0 Å². The summed E-state index contributed by atoms with van der Waals surface area (Å²) in [5.41, 5.74) is 7.55. The van der Waals surface area contributed by atoms with Gasteiger partial charge in [-0.3, -0.25) is 0 Å². The van der Waals surface area contributed by atoms with Crippen molar-refractivity contribution in [2.45, 2.75) is 24.3 Å². The maximum atomic E-state index is 12.2. The molecule has 1 aromatic carbocycles. The maximum absolute atomic E-state index is 12.2. The number of likely N-dealkylation sites (N-methyl/N-ethyl adjacent to an activating group) is 1. The summed E-state index contributed by atoms with van der Waals surface area (Å²) in [5.74, 6) is 0.111. The lowest BCUT2D eigenvalue weighted by Crippen LogP contribution is -2.47. The van der Waals surface area contributed by atoms with Crippen molar-refractivity contribution >= 4 is 15.5 Å². The Labute approximate surface area is 102 Å². The van der Waals surface area contributed by atoms with Crippen molar-refractivity contribution in [3.63, 3.8) is 0 Å². The van der Waals surface area contributed by atoms with Gasteiger partial charge in [0.05, 0.1) is 22.4 Å². The summed E-state index contributed by atoms with van der Waals surface area (Å²) in [5, 5.41) is 0. The third-order valence-electron chi connectivity index (χ3n) is 3.38. The van der Waals surface area contributed by atoms with Crippen LogP contribution in [-0.4, -0.2) is 33.8 Å². The van der Waals surface area contributed by atoms with Crippen LogP contribution < -0.4 is 10.6 Å². The fraction of sp³-hybridized carbons (Fsp3) is 0.500. The molecule has 2 N–H and O–H groups in total. The average molecular weight is 254 g/mol. The number of anilines is 1. The number of sulfone groups is 1. The minimum Gasteiger partial charge on any atom is -0.368 e. The fourth-order valence-corrected chi connectivity index (χ4v) is 4.27. The summed E-state index contributed by atoms with van der Waals surface area (Å²) in [7, 11) is -1.27. The first-order chi connectivity index (χ1) is 8.01. The molecule has 1 unspecified atom stereocenters. The molecular formula is C12H18N2O2S. The van der Waals surface area contributed by atoms with Gasteiger partial charge in [-0.1, -0.05) is 19.1 Å². The first kappa shape index (κ1) is 12.4. The minimum absolute atomic E-state index is 0.111. The molecule has 94 valence electrons. The van der Waals surface area contributed by atoms with E-state index in [-0.39, 0.29) is 11.8 Å². The second kappa shape index (κ2) is 4.31. The zero-order valence-electron chi connectivity index (χ0n) is 10.2. The molecule has 1 aliphatic heterocycles. The van der Waals surface area contributed by atoms with Gasteiger partial charge in [-0.25, -0.2) is 8.42 Å². The van der Waals surface area contributed by atoms with Gasteiger partial charge in [-0.05, 0) is 18.1 Å². The molecule has 4 nitrogen and oxygen atoms in total. The topological polar surface area (TPSA) is 63.4 Å². The highest BCUT2D eigenvalue weighted by molar-refractivity contribution is 7.91. The number of benzene rings is 1. The van der Waals surface area contributed by atoms with Crippen molar-refractivity contribution in [1.82, 2.24) is 0 Å². The van der Waals surface area contributed by atoms with Gasteiger partial charge in [0.1, 0.15) is 0 Å². The smallest absolute Gasteiger partial charge is 0.182 e. The van der Waals surface area contributed by atoms with E-state index in [1.54, 1.807) is 6.07 Å². The molecule has 1 aliphatic rings. The summed E-state index contributed by atoms with van der Waals surface area (Å²) in [6.07, 6.45) is 0.820. The van der Waals surface area contributed by atoms with Crippen molar-refractivity contribution < 1.29 is 8.42 Å². The lowest BCUT2D eigenvalue weighted by Gasteiger charge is -2.36. The van der Waals surface area contributed by atoms with E-state index in [1.807, 2.05) is 31.0 Å². The number of para-hydroxylation sites is 1. The monoisotopic (exact) mass is 254 g/mol. The summed E-state index contributed by atoms with van der Waals surface area (Å²) < 4.78 is 24.3. The average Bonchev–Trinajstić information content (AvgIpc) is 2.33. The first-order valence-corrected chi connectivity index (χ1v) is 7.44. The summed E-state index contributed by atoms with van der Waals surface area (Å²) in [6, 6.07) is 5.35. The van der Waals surface area contributed by atoms with Crippen LogP contribution in [0, 0.1) is 0 Å². The molecule has 0 fully saturated rings. The van der Waals surface area contributed by atoms with E-state index < -0.39 is 9.84 Å². The molecule has 0 bridgehead atoms. The van der Waals surface area contributed by atoms with Gasteiger partial charge >= 0.3 is 0 Å². The van der Waals surface area contributed by atoms with Crippen molar-refractivity contribution in [3.8, 4) is 0 Å². The van der Waals surface area contributed by atoms with Crippen molar-refractivity contribution in [2.75, 3.05) is 24.2 Å². The Kier molecular flexibility index (Phi) is 3.14. The number of fused-ring (bicyclic) bond motifs is 1. The maximum Gasteiger partial charge on any atom is 0.182 e. The highest BCUT2D eigenvalue weighted by atomic mass is 32.2. The van der Waals surface area contributed by atoms with E-state index in [9.17, 15) is 8.42 Å². The first-order valence-electron chi connectivity index (χ1n) is 5.78. The number of aryl methyl sites for hydroxylation is 1. The third-order valence-corrected chi connectivity index (χ3v) is 5.21. The fourth-order valence-electron chi connectivity index (χ4n) is 2.37. The lowest BCUT2D eigenvalue weighted by molar-refractivity contribution is 0.572. The van der Waals surface area contributed by atoms with Crippen LogP contribution in [0.3, 0.4) is 0 Å². The minimum atomic E-state index is -3.19. The van der Waals surface area contributed by atoms with Gasteiger partial charge in [0.2, 0.25) is 0 Å². The van der Waals surface area contributed by atoms with Gasteiger partial charge in [0, 0.05) is 13.6 Å². The number of rotatable bonds is 2. The Balaban J connectivity index is 2.68. The highest BCUT2D eigenvalue weighted by Crippen LogP contribution is 2.35. The van der Waals surface area contributed by atoms with Crippen LogP contribution in [0.4, 0.5) is 5.69 Å². The van der Waals surface area contributed by atoms with Crippen LogP contribution in [0.15, 0.2) is 23.1 Å². The van der Waals surface area contributed by atoms with Crippen molar-refractivity contribution in [3.05, 3.63) is 23.8 Å². The number of hydrogen-bond donors (Lipinski definition) is 1. The molecule has 0 saturated heterocycles. The van der Waals surface area contributed by atoms with Gasteiger partial charge in [-0.15, -0.1) is 0 Å². The highest BCUT2D eigenvalue weighted by Gasteiger charge is 2.34. The molecule has 5 heteroatoms. The van der Waals surface area contributed by atoms with Crippen LogP contribution in [0.2, 0.25) is 0 Å². The predicted molar refractivity (Wildman–Crippen MR) is 69.1 cm³/mol. The standard InChI is InChI=1S/C12H18N2O2S/c1-3-9-5-4-6-11-12(9)14(2)10(7-13)8-17(11,15)16/h4-6,10H,3,7-8,13H2,1-2H3. The van der Waals surface area contributed by atoms with Crippen LogP contribution in [0.25, 0.3) is 0 Å². The molecular weight excluding hydrogens is 236 g/mol. The van der Waals surface area contributed by atoms with E-state index in [2.05, 4.69) is 0 Å². The van der Waals surface area contributed by atoms with Gasteiger partial charge in [-0.2, -0.15) is 0 Å². The van der Waals surface area contributed by atoms with E-state index in [0.29, 0.717) is 11.4 Å². The Morgan fingerprint density at radius 1 is 1.47 bits per heavy atom. The number of hydrogen-bond acceptors (Lipinski definition) is 4. The molecule has 1 atom stereocenters. The van der Waals surface area contributed by atoms with Crippen LogP contribution >= 0.6 is 0 Å². The molecule has 0 aliphatic carbocycles. The number of nitrogens with zero attached hydrogens (tertiary/aromatic N) is 1. The Morgan fingerprint density at radius 2 is 2.18 bits per heavy atom. The molecule has 2 rings (SSSR count). The predicted octanol–water partition coefficient (Wildman–Crippen LogP) is 0.800. The second-order valence-electron chi connectivity index (χ2n) is 4.40. The molecule has 1 heterocycles. The molecule has 0 spiro atoms. The zero-order chi connectivity index (χ0) is 12.6. The summed E-state index contributed by atoms with van der Waals surface area (Å²) >= 11 is 0. The summed E-state index contributed by atoms with van der Waals surface area (Å²) in [6.45, 7) is 2.38. The van der Waals surface area contributed by atoms with Gasteiger partial charge in [0.15, 0.2) is 9.84 Å². The van der Waals surface area contributed by atoms with Gasteiger partial charge in [0.25, 0.3) is 0 Å². The van der Waals surface area contributed by atoms with Crippen molar-refractivity contribution in [1.29, 1.82) is 0 Å².